The highest BCUT2D eigenvalue weighted by Crippen LogP contribution is 2.41. The van der Waals surface area contributed by atoms with Gasteiger partial charge in [0, 0.05) is 53.6 Å². The molecule has 0 bridgehead atoms. The lowest BCUT2D eigenvalue weighted by Gasteiger charge is -2.39. The van der Waals surface area contributed by atoms with Crippen LogP contribution >= 0.6 is 11.3 Å². The average molecular weight is 615 g/mol. The minimum absolute atomic E-state index is 0.0344. The smallest absolute Gasteiger partial charge is 0.319 e. The second-order valence-corrected chi connectivity index (χ2v) is 12.8. The minimum atomic E-state index is -0.902. The molecule has 3 atom stereocenters. The minimum Gasteiger partial charge on any atom is -0.461 e. The molecule has 8 nitrogen and oxygen atoms in total. The van der Waals surface area contributed by atoms with Crippen molar-refractivity contribution in [1.82, 2.24) is 19.8 Å². The first-order valence-corrected chi connectivity index (χ1v) is 15.8. The number of thiophene rings is 1. The maximum atomic E-state index is 16.6. The highest BCUT2D eigenvalue weighted by atomic mass is 32.1. The van der Waals surface area contributed by atoms with Crippen LogP contribution in [-0.4, -0.2) is 89.3 Å². The number of carbonyl (C=O) groups excluding carboxylic acids is 1. The van der Waals surface area contributed by atoms with Crippen LogP contribution in [0.2, 0.25) is 0 Å². The molecule has 3 fully saturated rings. The van der Waals surface area contributed by atoms with E-state index in [0.717, 1.165) is 35.0 Å². The fourth-order valence-corrected chi connectivity index (χ4v) is 8.05. The van der Waals surface area contributed by atoms with E-state index in [0.29, 0.717) is 49.4 Å². The van der Waals surface area contributed by atoms with Crippen molar-refractivity contribution in [3.8, 4) is 17.1 Å². The van der Waals surface area contributed by atoms with E-state index in [9.17, 15) is 9.18 Å². The molecule has 3 aliphatic rings. The lowest BCUT2D eigenvalue weighted by atomic mass is 9.95. The lowest BCUT2D eigenvalue weighted by Crippen LogP contribution is -2.56. The third kappa shape index (κ3) is 4.86. The van der Waals surface area contributed by atoms with Crippen LogP contribution < -0.4 is 9.64 Å². The molecule has 0 spiro atoms. The molecular formula is C33H32F2N6O2S. The summed E-state index contributed by atoms with van der Waals surface area (Å²) in [6.07, 6.45) is 2.56. The Morgan fingerprint density at radius 2 is 2.05 bits per heavy atom. The van der Waals surface area contributed by atoms with Crippen LogP contribution in [0.15, 0.2) is 54.4 Å². The van der Waals surface area contributed by atoms with Gasteiger partial charge in [0.2, 0.25) is 12.5 Å². The van der Waals surface area contributed by atoms with E-state index in [-0.39, 0.29) is 36.6 Å². The van der Waals surface area contributed by atoms with Crippen LogP contribution in [-0.2, 0) is 4.79 Å². The maximum Gasteiger partial charge on any atom is 0.319 e. The summed E-state index contributed by atoms with van der Waals surface area (Å²) in [6.45, 7) is 13.8. The van der Waals surface area contributed by atoms with E-state index in [1.807, 2.05) is 40.6 Å². The van der Waals surface area contributed by atoms with Crippen LogP contribution in [0.4, 0.5) is 14.6 Å². The predicted octanol–water partition coefficient (Wildman–Crippen LogP) is 5.73. The lowest BCUT2D eigenvalue weighted by molar-refractivity contribution is -0.128. The molecule has 0 aliphatic carbocycles. The molecule has 3 saturated heterocycles. The molecule has 0 N–H and O–H groups in total. The van der Waals surface area contributed by atoms with Crippen molar-refractivity contribution in [2.24, 2.45) is 0 Å². The number of ether oxygens (including phenoxy) is 1. The Morgan fingerprint density at radius 3 is 2.89 bits per heavy atom. The molecule has 2 aromatic carbocycles. The molecule has 5 heterocycles. The molecule has 4 aromatic rings. The van der Waals surface area contributed by atoms with Crippen LogP contribution in [0.25, 0.3) is 37.0 Å². The predicted molar refractivity (Wildman–Crippen MR) is 168 cm³/mol. The van der Waals surface area contributed by atoms with Crippen LogP contribution in [0.5, 0.6) is 6.01 Å². The molecule has 0 radical (unpaired) electrons. The van der Waals surface area contributed by atoms with E-state index in [1.54, 1.807) is 22.3 Å². The van der Waals surface area contributed by atoms with Gasteiger partial charge >= 0.3 is 6.01 Å². The monoisotopic (exact) mass is 614 g/mol. The Kier molecular flexibility index (Phi) is 7.42. The fraction of sp³-hybridized carbons (Fsp3) is 0.394. The summed E-state index contributed by atoms with van der Waals surface area (Å²) in [4.78, 5) is 31.3. The number of nitrogens with zero attached hydrogens (tertiary/aromatic N) is 6. The van der Waals surface area contributed by atoms with Gasteiger partial charge in [0.05, 0.1) is 5.54 Å². The average Bonchev–Trinajstić information content (AvgIpc) is 3.74. The molecule has 226 valence electrons. The van der Waals surface area contributed by atoms with Crippen molar-refractivity contribution in [2.75, 3.05) is 50.8 Å². The van der Waals surface area contributed by atoms with Gasteiger partial charge in [-0.25, -0.2) is 15.4 Å². The highest BCUT2D eigenvalue weighted by molar-refractivity contribution is 7.17. The molecule has 1 unspecified atom stereocenters. The van der Waals surface area contributed by atoms with E-state index in [4.69, 9.17) is 16.3 Å². The van der Waals surface area contributed by atoms with Gasteiger partial charge in [0.15, 0.2) is 5.82 Å². The molecule has 1 amide bonds. The number of hydrogen-bond donors (Lipinski definition) is 0. The van der Waals surface area contributed by atoms with Crippen LogP contribution in [0.3, 0.4) is 0 Å². The number of amides is 1. The number of benzene rings is 2. The summed E-state index contributed by atoms with van der Waals surface area (Å²) >= 11 is 1.60. The van der Waals surface area contributed by atoms with Crippen molar-refractivity contribution in [1.29, 1.82) is 0 Å². The van der Waals surface area contributed by atoms with Gasteiger partial charge in [-0.15, -0.1) is 11.3 Å². The zero-order chi connectivity index (χ0) is 30.4. The summed E-state index contributed by atoms with van der Waals surface area (Å²) in [5.41, 5.74) is 0.933. The van der Waals surface area contributed by atoms with Crippen molar-refractivity contribution < 1.29 is 18.3 Å². The van der Waals surface area contributed by atoms with Gasteiger partial charge in [-0.05, 0) is 54.6 Å². The normalized spacial score (nSPS) is 23.7. The standard InChI is InChI=1S/C33H32F2N6O2S/c1-3-28(42)41-14-13-39(19-22(41)17-36-2)31-26-9-8-25(23-6-4-7-27-24(23)10-15-44-27)29(35)30(26)37-32(38-31)43-20-33-11-5-12-40(33)18-21(34)16-33/h3-4,6-10,15,21-22H,1,5,11-14,16-20H2/t21-,22+,33?/m1/s1. The topological polar surface area (TPSA) is 66.2 Å². The zero-order valence-electron chi connectivity index (χ0n) is 24.2. The summed E-state index contributed by atoms with van der Waals surface area (Å²) in [6, 6.07) is 11.1. The molecule has 44 heavy (non-hydrogen) atoms. The summed E-state index contributed by atoms with van der Waals surface area (Å²) in [5.74, 6) is -0.213. The van der Waals surface area contributed by atoms with E-state index >= 15 is 4.39 Å². The van der Waals surface area contributed by atoms with Gasteiger partial charge in [-0.3, -0.25) is 9.69 Å². The van der Waals surface area contributed by atoms with Crippen molar-refractivity contribution in [3.63, 3.8) is 0 Å². The number of fused-ring (bicyclic) bond motifs is 3. The summed E-state index contributed by atoms with van der Waals surface area (Å²) < 4.78 is 38.4. The fourth-order valence-electron chi connectivity index (χ4n) is 7.23. The second kappa shape index (κ2) is 11.4. The van der Waals surface area contributed by atoms with Crippen LogP contribution in [0.1, 0.15) is 19.3 Å². The Labute approximate surface area is 258 Å². The number of rotatable bonds is 7. The summed E-state index contributed by atoms with van der Waals surface area (Å²) in [7, 11) is 0. The van der Waals surface area contributed by atoms with Crippen LogP contribution in [0, 0.1) is 12.4 Å². The Balaban J connectivity index is 1.31. The van der Waals surface area contributed by atoms with Gasteiger partial charge in [0.1, 0.15) is 30.2 Å². The molecular weight excluding hydrogens is 582 g/mol. The van der Waals surface area contributed by atoms with E-state index in [1.165, 1.54) is 6.08 Å². The number of piperazine rings is 1. The van der Waals surface area contributed by atoms with Gasteiger partial charge < -0.3 is 19.4 Å². The van der Waals surface area contributed by atoms with Crippen molar-refractivity contribution >= 4 is 44.1 Å². The molecule has 0 saturated carbocycles. The molecule has 7 rings (SSSR count). The Morgan fingerprint density at radius 1 is 1.16 bits per heavy atom. The first-order valence-electron chi connectivity index (χ1n) is 14.9. The molecule has 11 heteroatoms. The second-order valence-electron chi connectivity index (χ2n) is 11.8. The zero-order valence-corrected chi connectivity index (χ0v) is 25.0. The first-order chi connectivity index (χ1) is 21.4. The SMILES string of the molecule is [C-]#[N+]C[C@H]1CN(c2nc(OCC34CCCN3C[C@H](F)C4)nc3c(F)c(-c4cccc5sccc45)ccc23)CCN1C(=O)C=C. The van der Waals surface area contributed by atoms with E-state index in [2.05, 4.69) is 21.3 Å². The van der Waals surface area contributed by atoms with Crippen molar-refractivity contribution in [3.05, 3.63) is 71.7 Å². The largest absolute Gasteiger partial charge is 0.461 e. The highest BCUT2D eigenvalue weighted by Gasteiger charge is 2.49. The first kappa shape index (κ1) is 28.6. The van der Waals surface area contributed by atoms with Gasteiger partial charge in [-0.2, -0.15) is 9.97 Å². The third-order valence-electron chi connectivity index (χ3n) is 9.32. The van der Waals surface area contributed by atoms with Crippen molar-refractivity contribution in [2.45, 2.75) is 37.0 Å². The number of anilines is 1. The molecule has 3 aliphatic heterocycles. The number of hydrogen-bond acceptors (Lipinski definition) is 7. The Hall–Kier alpha value is -4.14. The number of alkyl halides is 1. The van der Waals surface area contributed by atoms with E-state index < -0.39 is 17.5 Å². The number of aromatic nitrogens is 2. The maximum absolute atomic E-state index is 16.6. The third-order valence-corrected chi connectivity index (χ3v) is 10.2. The van der Waals surface area contributed by atoms with Gasteiger partial charge in [0.25, 0.3) is 0 Å². The number of carbonyl (C=O) groups is 1. The Bertz CT molecular complexity index is 1810. The molecule has 2 aromatic heterocycles. The quantitative estimate of drug-likeness (QED) is 0.196. The summed E-state index contributed by atoms with van der Waals surface area (Å²) in [5, 5.41) is 3.48. The van der Waals surface area contributed by atoms with Gasteiger partial charge in [-0.1, -0.05) is 24.8 Å². The number of halogens is 2.